The highest BCUT2D eigenvalue weighted by Gasteiger charge is 2.44. The van der Waals surface area contributed by atoms with Crippen LogP contribution in [0.5, 0.6) is 0 Å². The van der Waals surface area contributed by atoms with Gasteiger partial charge in [0.15, 0.2) is 5.78 Å². The van der Waals surface area contributed by atoms with Crippen molar-refractivity contribution in [2.45, 2.75) is 12.8 Å². The molecule has 1 aliphatic rings. The van der Waals surface area contributed by atoms with Crippen LogP contribution in [0.4, 0.5) is 5.69 Å². The molecule has 1 aliphatic heterocycles. The third-order valence-electron chi connectivity index (χ3n) is 5.14. The quantitative estimate of drug-likeness (QED) is 0.339. The monoisotopic (exact) mass is 497 g/mol. The highest BCUT2D eigenvalue weighted by Crippen LogP contribution is 2.40. The third kappa shape index (κ3) is 5.65. The van der Waals surface area contributed by atoms with Gasteiger partial charge in [0.25, 0.3) is 0 Å². The number of esters is 1. The third-order valence-corrected chi connectivity index (χ3v) is 6.40. The Morgan fingerprint density at radius 3 is 2.35 bits per heavy atom. The molecule has 34 heavy (non-hydrogen) atoms. The van der Waals surface area contributed by atoms with E-state index in [9.17, 15) is 24.4 Å². The number of hydrogen-bond acceptors (Lipinski definition) is 7. The van der Waals surface area contributed by atoms with E-state index in [0.717, 1.165) is 11.8 Å². The van der Waals surface area contributed by atoms with Gasteiger partial charge in [-0.2, -0.15) is 5.26 Å². The smallest absolute Gasteiger partial charge is 0.319 e. The molecular weight excluding hydrogens is 478 g/mol. The van der Waals surface area contributed by atoms with Crippen molar-refractivity contribution in [2.24, 2.45) is 5.92 Å². The predicted octanol–water partition coefficient (Wildman–Crippen LogP) is 3.65. The van der Waals surface area contributed by atoms with Crippen LogP contribution in [0.2, 0.25) is 5.02 Å². The Morgan fingerprint density at radius 1 is 1.15 bits per heavy atom. The second kappa shape index (κ2) is 11.0. The summed E-state index contributed by atoms with van der Waals surface area (Å²) >= 11 is 6.94. The minimum atomic E-state index is -1.27. The van der Waals surface area contributed by atoms with E-state index in [1.165, 1.54) is 14.0 Å². The minimum Gasteiger partial charge on any atom is -0.468 e. The maximum Gasteiger partial charge on any atom is 0.319 e. The first-order valence-electron chi connectivity index (χ1n) is 10.1. The van der Waals surface area contributed by atoms with Crippen LogP contribution in [0.1, 0.15) is 28.8 Å². The number of thioether (sulfide) groups is 1. The summed E-state index contributed by atoms with van der Waals surface area (Å²) in [5, 5.41) is 15.8. The molecule has 2 aromatic carbocycles. The Bertz CT molecular complexity index is 1200. The first-order chi connectivity index (χ1) is 16.2. The van der Waals surface area contributed by atoms with Crippen LogP contribution in [-0.2, 0) is 19.1 Å². The summed E-state index contributed by atoms with van der Waals surface area (Å²) in [4.78, 5) is 49.0. The topological polar surface area (TPSA) is 125 Å². The number of amides is 2. The number of halogens is 1. The molecule has 3 rings (SSSR count). The highest BCUT2D eigenvalue weighted by atomic mass is 35.5. The number of methoxy groups -OCH3 is 1. The molecule has 0 saturated heterocycles. The van der Waals surface area contributed by atoms with Gasteiger partial charge in [-0.25, -0.2) is 0 Å². The number of carbonyl (C=O) groups excluding carboxylic acids is 4. The van der Waals surface area contributed by atoms with E-state index in [1.807, 2.05) is 0 Å². The van der Waals surface area contributed by atoms with Crippen LogP contribution < -0.4 is 10.6 Å². The van der Waals surface area contributed by atoms with Crippen molar-refractivity contribution in [1.29, 1.82) is 5.26 Å². The van der Waals surface area contributed by atoms with Crippen LogP contribution in [0.3, 0.4) is 0 Å². The number of anilines is 1. The van der Waals surface area contributed by atoms with E-state index in [4.69, 9.17) is 16.3 Å². The zero-order chi connectivity index (χ0) is 24.8. The normalized spacial score (nSPS) is 17.4. The first kappa shape index (κ1) is 25.0. The van der Waals surface area contributed by atoms with Crippen molar-refractivity contribution in [3.63, 3.8) is 0 Å². The number of nitriles is 1. The lowest BCUT2D eigenvalue weighted by atomic mass is 9.78. The van der Waals surface area contributed by atoms with Crippen molar-refractivity contribution >= 4 is 52.6 Å². The Balaban J connectivity index is 1.83. The number of hydrogen-bond donors (Lipinski definition) is 2. The number of Topliss-reactive ketones (excluding diaryl/α,β-unsaturated/α-hetero) is 1. The molecular formula is C24H20ClN3O5S. The highest BCUT2D eigenvalue weighted by molar-refractivity contribution is 8.03. The molecule has 2 amide bonds. The van der Waals surface area contributed by atoms with Crippen molar-refractivity contribution < 1.29 is 23.9 Å². The Kier molecular flexibility index (Phi) is 8.10. The molecule has 0 unspecified atom stereocenters. The molecule has 1 heterocycles. The summed E-state index contributed by atoms with van der Waals surface area (Å²) in [6.07, 6.45) is 0. The average molecular weight is 498 g/mol. The Labute approximate surface area is 205 Å². The van der Waals surface area contributed by atoms with E-state index in [1.54, 1.807) is 48.5 Å². The minimum absolute atomic E-state index is 0.0852. The molecule has 2 N–H and O–H groups in total. The van der Waals surface area contributed by atoms with Gasteiger partial charge in [0.05, 0.1) is 29.5 Å². The number of nitrogens with one attached hydrogen (secondary N) is 2. The number of carbonyl (C=O) groups is 4. The molecule has 2 aromatic rings. The van der Waals surface area contributed by atoms with Crippen LogP contribution >= 0.6 is 23.4 Å². The number of ketones is 1. The fourth-order valence-corrected chi connectivity index (χ4v) is 4.45. The van der Waals surface area contributed by atoms with Gasteiger partial charge in [0, 0.05) is 22.2 Å². The van der Waals surface area contributed by atoms with Crippen LogP contribution in [-0.4, -0.2) is 36.4 Å². The molecule has 0 bridgehead atoms. The van der Waals surface area contributed by atoms with Gasteiger partial charge in [-0.1, -0.05) is 35.5 Å². The van der Waals surface area contributed by atoms with E-state index >= 15 is 0 Å². The zero-order valence-electron chi connectivity index (χ0n) is 18.3. The lowest BCUT2D eigenvalue weighted by Gasteiger charge is -2.30. The molecule has 0 radical (unpaired) electrons. The van der Waals surface area contributed by atoms with Crippen molar-refractivity contribution in [1.82, 2.24) is 5.32 Å². The molecule has 8 nitrogen and oxygen atoms in total. The fraction of sp³-hybridized carbons (Fsp3) is 0.208. The largest absolute Gasteiger partial charge is 0.468 e. The molecule has 0 aliphatic carbocycles. The van der Waals surface area contributed by atoms with Gasteiger partial charge < -0.3 is 15.4 Å². The van der Waals surface area contributed by atoms with Gasteiger partial charge in [0.2, 0.25) is 11.8 Å². The van der Waals surface area contributed by atoms with E-state index in [0.29, 0.717) is 21.8 Å². The molecule has 0 fully saturated rings. The lowest BCUT2D eigenvalue weighted by Crippen LogP contribution is -2.44. The summed E-state index contributed by atoms with van der Waals surface area (Å²) in [5.74, 6) is -4.14. The Hall–Kier alpha value is -3.61. The van der Waals surface area contributed by atoms with Crippen molar-refractivity contribution in [2.75, 3.05) is 18.2 Å². The first-order valence-corrected chi connectivity index (χ1v) is 11.4. The number of nitrogens with zero attached hydrogens (tertiary/aromatic N) is 1. The van der Waals surface area contributed by atoms with E-state index < -0.39 is 23.7 Å². The van der Waals surface area contributed by atoms with Crippen molar-refractivity contribution in [3.8, 4) is 6.07 Å². The molecule has 10 heteroatoms. The summed E-state index contributed by atoms with van der Waals surface area (Å²) < 4.78 is 4.80. The fourth-order valence-electron chi connectivity index (χ4n) is 3.47. The standard InChI is InChI=1S/C24H20ClN3O5S/c1-13(29)14-5-9-17(10-6-14)27-19(30)12-34-23-18(11-26)20(15-3-7-16(25)8-4-15)21(22(31)28-23)24(32)33-2/h3-10,20-21H,12H2,1-2H3,(H,27,30)(H,28,31)/t20-,21+/m1/s1. The zero-order valence-corrected chi connectivity index (χ0v) is 19.8. The molecule has 174 valence electrons. The summed E-state index contributed by atoms with van der Waals surface area (Å²) in [5.41, 5.74) is 1.71. The maximum atomic E-state index is 12.8. The SMILES string of the molecule is COC(=O)[C@@H]1C(=O)NC(SCC(=O)Nc2ccc(C(C)=O)cc2)=C(C#N)[C@H]1c1ccc(Cl)cc1. The van der Waals surface area contributed by atoms with Crippen LogP contribution in [0.25, 0.3) is 0 Å². The number of benzene rings is 2. The Morgan fingerprint density at radius 2 is 1.79 bits per heavy atom. The van der Waals surface area contributed by atoms with Crippen LogP contribution in [0, 0.1) is 17.2 Å². The van der Waals surface area contributed by atoms with Gasteiger partial charge in [0.1, 0.15) is 5.92 Å². The van der Waals surface area contributed by atoms with Gasteiger partial charge in [-0.15, -0.1) is 0 Å². The van der Waals surface area contributed by atoms with E-state index in [2.05, 4.69) is 16.7 Å². The van der Waals surface area contributed by atoms with Crippen molar-refractivity contribution in [3.05, 3.63) is 75.3 Å². The second-order valence-electron chi connectivity index (χ2n) is 7.34. The summed E-state index contributed by atoms with van der Waals surface area (Å²) in [6, 6.07) is 15.0. The number of allylic oxidation sites excluding steroid dienone is 1. The van der Waals surface area contributed by atoms with Gasteiger partial charge in [-0.3, -0.25) is 19.2 Å². The van der Waals surface area contributed by atoms with Gasteiger partial charge in [-0.05, 0) is 48.9 Å². The summed E-state index contributed by atoms with van der Waals surface area (Å²) in [6.45, 7) is 1.45. The van der Waals surface area contributed by atoms with E-state index in [-0.39, 0.29) is 28.0 Å². The van der Waals surface area contributed by atoms with Gasteiger partial charge >= 0.3 is 5.97 Å². The molecule has 0 saturated carbocycles. The predicted molar refractivity (Wildman–Crippen MR) is 128 cm³/mol. The molecule has 0 aromatic heterocycles. The maximum absolute atomic E-state index is 12.8. The molecule has 2 atom stereocenters. The second-order valence-corrected chi connectivity index (χ2v) is 8.77. The van der Waals surface area contributed by atoms with Crippen LogP contribution in [0.15, 0.2) is 59.1 Å². The summed E-state index contributed by atoms with van der Waals surface area (Å²) in [7, 11) is 1.17. The number of rotatable bonds is 7. The number of ether oxygens (including phenoxy) is 1. The average Bonchev–Trinajstić information content (AvgIpc) is 2.82. The molecule has 0 spiro atoms. The lowest BCUT2D eigenvalue weighted by molar-refractivity contribution is -0.150.